The Morgan fingerprint density at radius 1 is 1.08 bits per heavy atom. The molecule has 1 fully saturated rings. The Bertz CT molecular complexity index is 867. The first-order valence-corrected chi connectivity index (χ1v) is 10.5. The van der Waals surface area contributed by atoms with Crippen LogP contribution in [0.4, 0.5) is 0 Å². The van der Waals surface area contributed by atoms with Crippen LogP contribution in [0.3, 0.4) is 0 Å². The van der Waals surface area contributed by atoms with Gasteiger partial charge in [-0.2, -0.15) is 4.31 Å². The fourth-order valence-corrected chi connectivity index (χ4v) is 4.97. The second kappa shape index (κ2) is 7.98. The fraction of sp³-hybridized carbons (Fsp3) is 0.294. The van der Waals surface area contributed by atoms with Gasteiger partial charge in [0.25, 0.3) is 5.91 Å². The molecule has 0 aliphatic carbocycles. The van der Waals surface area contributed by atoms with Crippen LogP contribution in [-0.2, 0) is 14.8 Å². The van der Waals surface area contributed by atoms with E-state index in [2.05, 4.69) is 10.9 Å². The molecule has 0 radical (unpaired) electrons. The van der Waals surface area contributed by atoms with Gasteiger partial charge in [0, 0.05) is 13.1 Å². The van der Waals surface area contributed by atoms with Gasteiger partial charge in [0.05, 0.1) is 15.7 Å². The lowest BCUT2D eigenvalue weighted by atomic mass is 9.99. The van der Waals surface area contributed by atoms with Crippen LogP contribution in [0.15, 0.2) is 52.7 Å². The molecule has 26 heavy (non-hydrogen) atoms. The molecule has 2 amide bonds. The number of nitrogens with zero attached hydrogens (tertiary/aromatic N) is 1. The van der Waals surface area contributed by atoms with Crippen molar-refractivity contribution in [2.24, 2.45) is 5.92 Å². The summed E-state index contributed by atoms with van der Waals surface area (Å²) in [5, 5.41) is 1.77. The van der Waals surface area contributed by atoms with Gasteiger partial charge in [-0.15, -0.1) is 11.3 Å². The van der Waals surface area contributed by atoms with E-state index in [1.165, 1.54) is 15.6 Å². The van der Waals surface area contributed by atoms with Gasteiger partial charge >= 0.3 is 0 Å². The van der Waals surface area contributed by atoms with Gasteiger partial charge in [0.15, 0.2) is 0 Å². The van der Waals surface area contributed by atoms with Crippen molar-refractivity contribution in [1.82, 2.24) is 15.2 Å². The molecule has 1 aromatic carbocycles. The van der Waals surface area contributed by atoms with Gasteiger partial charge in [0.2, 0.25) is 15.9 Å². The Morgan fingerprint density at radius 3 is 2.54 bits per heavy atom. The number of amides is 2. The maximum absolute atomic E-state index is 12.7. The van der Waals surface area contributed by atoms with Crippen molar-refractivity contribution in [3.63, 3.8) is 0 Å². The molecule has 0 bridgehead atoms. The Labute approximate surface area is 156 Å². The van der Waals surface area contributed by atoms with Gasteiger partial charge < -0.3 is 0 Å². The monoisotopic (exact) mass is 393 g/mol. The number of rotatable bonds is 4. The highest BCUT2D eigenvalue weighted by atomic mass is 32.2. The highest BCUT2D eigenvalue weighted by Gasteiger charge is 2.33. The summed E-state index contributed by atoms with van der Waals surface area (Å²) in [7, 11) is -3.63. The van der Waals surface area contributed by atoms with E-state index in [0.29, 0.717) is 24.3 Å². The van der Waals surface area contributed by atoms with Gasteiger partial charge in [-0.05, 0) is 36.4 Å². The molecule has 138 valence electrons. The largest absolute Gasteiger partial charge is 0.279 e. The molecule has 0 unspecified atom stereocenters. The van der Waals surface area contributed by atoms with E-state index in [0.717, 1.165) is 0 Å². The molecule has 7 nitrogen and oxygen atoms in total. The summed E-state index contributed by atoms with van der Waals surface area (Å²) in [6, 6.07) is 11.6. The second-order valence-corrected chi connectivity index (χ2v) is 8.82. The van der Waals surface area contributed by atoms with E-state index in [1.54, 1.807) is 47.8 Å². The van der Waals surface area contributed by atoms with Crippen molar-refractivity contribution < 1.29 is 18.0 Å². The normalized spacial score (nSPS) is 18.2. The zero-order valence-electron chi connectivity index (χ0n) is 13.9. The number of hydrogen-bond donors (Lipinski definition) is 2. The summed E-state index contributed by atoms with van der Waals surface area (Å²) in [5.74, 6) is -1.29. The van der Waals surface area contributed by atoms with Crippen molar-refractivity contribution in [3.05, 3.63) is 52.7 Å². The number of carbonyl (C=O) groups is 2. The number of hydrazine groups is 1. The molecule has 1 atom stereocenters. The molecule has 2 N–H and O–H groups in total. The smallest absolute Gasteiger partial charge is 0.273 e. The molecule has 9 heteroatoms. The molecule has 1 saturated heterocycles. The van der Waals surface area contributed by atoms with Gasteiger partial charge in [-0.1, -0.05) is 24.3 Å². The van der Waals surface area contributed by atoms with Gasteiger partial charge in [-0.3, -0.25) is 20.4 Å². The van der Waals surface area contributed by atoms with Gasteiger partial charge in [0.1, 0.15) is 0 Å². The predicted molar refractivity (Wildman–Crippen MR) is 97.9 cm³/mol. The summed E-state index contributed by atoms with van der Waals surface area (Å²) >= 11 is 1.27. The van der Waals surface area contributed by atoms with E-state index in [-0.39, 0.29) is 17.3 Å². The van der Waals surface area contributed by atoms with Crippen LogP contribution in [0.5, 0.6) is 0 Å². The van der Waals surface area contributed by atoms with Crippen LogP contribution in [0.25, 0.3) is 0 Å². The first kappa shape index (κ1) is 18.6. The van der Waals surface area contributed by atoms with Crippen molar-refractivity contribution in [2.45, 2.75) is 17.7 Å². The molecular weight excluding hydrogens is 374 g/mol. The Balaban J connectivity index is 1.61. The predicted octanol–water partition coefficient (Wildman–Crippen LogP) is 1.61. The average molecular weight is 393 g/mol. The topological polar surface area (TPSA) is 95.6 Å². The molecule has 1 aliphatic heterocycles. The molecular formula is C17H19N3O4S2. The summed E-state index contributed by atoms with van der Waals surface area (Å²) < 4.78 is 26.7. The molecule has 1 aliphatic rings. The third-order valence-electron chi connectivity index (χ3n) is 4.18. The second-order valence-electron chi connectivity index (χ2n) is 5.94. The van der Waals surface area contributed by atoms with E-state index >= 15 is 0 Å². The molecule has 0 saturated carbocycles. The summed E-state index contributed by atoms with van der Waals surface area (Å²) in [5.41, 5.74) is 4.77. The fourth-order valence-electron chi connectivity index (χ4n) is 2.81. The summed E-state index contributed by atoms with van der Waals surface area (Å²) in [6.07, 6.45) is 1.16. The number of thiophene rings is 1. The summed E-state index contributed by atoms with van der Waals surface area (Å²) in [4.78, 5) is 24.9. The Morgan fingerprint density at radius 2 is 1.85 bits per heavy atom. The van der Waals surface area contributed by atoms with E-state index < -0.39 is 21.8 Å². The number of benzene rings is 1. The van der Waals surface area contributed by atoms with Crippen LogP contribution >= 0.6 is 11.3 Å². The maximum Gasteiger partial charge on any atom is 0.279 e. The third kappa shape index (κ3) is 4.12. The van der Waals surface area contributed by atoms with Crippen LogP contribution in [0.1, 0.15) is 22.5 Å². The Kier molecular flexibility index (Phi) is 5.70. The average Bonchev–Trinajstić information content (AvgIpc) is 3.21. The van der Waals surface area contributed by atoms with Crippen molar-refractivity contribution in [3.8, 4) is 0 Å². The van der Waals surface area contributed by atoms with E-state index in [9.17, 15) is 18.0 Å². The SMILES string of the molecule is O=C(NNC(=O)[C@H]1CCCN(S(=O)(=O)c2ccccc2)C1)c1cccs1. The zero-order chi connectivity index (χ0) is 18.6. The van der Waals surface area contributed by atoms with Crippen molar-refractivity contribution in [2.75, 3.05) is 13.1 Å². The number of nitrogens with one attached hydrogen (secondary N) is 2. The molecule has 3 rings (SSSR count). The lowest BCUT2D eigenvalue weighted by Crippen LogP contribution is -2.49. The van der Waals surface area contributed by atoms with Gasteiger partial charge in [-0.25, -0.2) is 8.42 Å². The highest BCUT2D eigenvalue weighted by molar-refractivity contribution is 7.89. The lowest BCUT2D eigenvalue weighted by Gasteiger charge is -2.31. The first-order chi connectivity index (χ1) is 12.5. The Hall–Kier alpha value is -2.23. The maximum atomic E-state index is 12.7. The minimum Gasteiger partial charge on any atom is -0.273 e. The third-order valence-corrected chi connectivity index (χ3v) is 6.93. The number of sulfonamides is 1. The van der Waals surface area contributed by atoms with E-state index in [4.69, 9.17) is 0 Å². The minimum absolute atomic E-state index is 0.0952. The molecule has 2 heterocycles. The molecule has 0 spiro atoms. The van der Waals surface area contributed by atoms with Crippen molar-refractivity contribution >= 4 is 33.2 Å². The number of piperidine rings is 1. The lowest BCUT2D eigenvalue weighted by molar-refractivity contribution is -0.126. The van der Waals surface area contributed by atoms with E-state index in [1.807, 2.05) is 0 Å². The van der Waals surface area contributed by atoms with Crippen LogP contribution in [-0.4, -0.2) is 37.6 Å². The van der Waals surface area contributed by atoms with Crippen LogP contribution in [0.2, 0.25) is 0 Å². The number of hydrogen-bond acceptors (Lipinski definition) is 5. The molecule has 2 aromatic rings. The standard InChI is InChI=1S/C17H19N3O4S2/c21-16(18-19-17(22)15-9-5-11-25-15)13-6-4-10-20(12-13)26(23,24)14-7-2-1-3-8-14/h1-3,5,7-9,11,13H,4,6,10,12H2,(H,18,21)(H,19,22)/t13-/m0/s1. The molecule has 1 aromatic heterocycles. The summed E-state index contributed by atoms with van der Waals surface area (Å²) in [6.45, 7) is 0.473. The minimum atomic E-state index is -3.63. The van der Waals surface area contributed by atoms with Crippen molar-refractivity contribution in [1.29, 1.82) is 0 Å². The quantitative estimate of drug-likeness (QED) is 0.772. The van der Waals surface area contributed by atoms with Crippen LogP contribution in [0, 0.1) is 5.92 Å². The zero-order valence-corrected chi connectivity index (χ0v) is 15.6. The number of carbonyl (C=O) groups excluding carboxylic acids is 2. The first-order valence-electron chi connectivity index (χ1n) is 8.17. The highest BCUT2D eigenvalue weighted by Crippen LogP contribution is 2.23. The van der Waals surface area contributed by atoms with Crippen LogP contribution < -0.4 is 10.9 Å².